The first-order chi connectivity index (χ1) is 8.93. The van der Waals surface area contributed by atoms with E-state index in [2.05, 4.69) is 33.0 Å². The van der Waals surface area contributed by atoms with Gasteiger partial charge >= 0.3 is 0 Å². The molecule has 0 saturated carbocycles. The van der Waals surface area contributed by atoms with E-state index in [1.165, 1.54) is 5.56 Å². The van der Waals surface area contributed by atoms with Gasteiger partial charge in [-0.1, -0.05) is 22.0 Å². The lowest BCUT2D eigenvalue weighted by molar-refractivity contribution is 0.568. The average molecular weight is 347 g/mol. The van der Waals surface area contributed by atoms with Crippen LogP contribution < -0.4 is 10.6 Å². The average Bonchev–Trinajstić information content (AvgIpc) is 2.31. The van der Waals surface area contributed by atoms with Crippen molar-refractivity contribution in [3.8, 4) is 0 Å². The molecule has 0 amide bonds. The highest BCUT2D eigenvalue weighted by Gasteiger charge is 2.29. The number of hydrogen-bond donors (Lipinski definition) is 1. The van der Waals surface area contributed by atoms with Crippen LogP contribution in [0, 0.1) is 0 Å². The lowest BCUT2D eigenvalue weighted by Crippen LogP contribution is -2.47. The van der Waals surface area contributed by atoms with Gasteiger partial charge in [0, 0.05) is 22.7 Å². The Balaban J connectivity index is 2.33. The van der Waals surface area contributed by atoms with Crippen LogP contribution in [0.5, 0.6) is 0 Å². The van der Waals surface area contributed by atoms with Gasteiger partial charge in [0.25, 0.3) is 0 Å². The van der Waals surface area contributed by atoms with E-state index in [1.807, 2.05) is 13.0 Å². The maximum atomic E-state index is 11.7. The fraction of sp³-hybridized carbons (Fsp3) is 0.538. The number of nitrogens with two attached hydrogens (primary N) is 1. The third-order valence-corrected chi connectivity index (χ3v) is 5.73. The molecule has 2 N–H and O–H groups in total. The first-order valence-electron chi connectivity index (χ1n) is 6.38. The molecule has 0 radical (unpaired) electrons. The molecular formula is C13H19BrN2O2S. The Hall–Kier alpha value is -0.590. The zero-order valence-electron chi connectivity index (χ0n) is 11.0. The maximum absolute atomic E-state index is 11.7. The predicted molar refractivity (Wildman–Crippen MR) is 82.4 cm³/mol. The van der Waals surface area contributed by atoms with Gasteiger partial charge in [-0.25, -0.2) is 8.42 Å². The van der Waals surface area contributed by atoms with E-state index in [9.17, 15) is 8.42 Å². The Morgan fingerprint density at radius 1 is 1.47 bits per heavy atom. The number of nitrogens with zero attached hydrogens (tertiary/aromatic N) is 1. The second kappa shape index (κ2) is 5.81. The standard InChI is InChI=1S/C13H19BrN2O2S/c1-10-9-19(17,18)7-6-16(10)13-8-12(14)3-2-11(13)4-5-15/h2-3,8,10H,4-7,9,15H2,1H3. The summed E-state index contributed by atoms with van der Waals surface area (Å²) in [5.74, 6) is 0.452. The van der Waals surface area contributed by atoms with Gasteiger partial charge in [-0.3, -0.25) is 0 Å². The summed E-state index contributed by atoms with van der Waals surface area (Å²) in [6.07, 6.45) is 0.804. The van der Waals surface area contributed by atoms with Crippen LogP contribution >= 0.6 is 15.9 Å². The SMILES string of the molecule is CC1CS(=O)(=O)CCN1c1cc(Br)ccc1CCN. The van der Waals surface area contributed by atoms with Crippen LogP contribution in [-0.4, -0.2) is 39.1 Å². The molecule has 1 fully saturated rings. The van der Waals surface area contributed by atoms with Gasteiger partial charge in [-0.2, -0.15) is 0 Å². The monoisotopic (exact) mass is 346 g/mol. The Morgan fingerprint density at radius 3 is 2.84 bits per heavy atom. The van der Waals surface area contributed by atoms with Crippen LogP contribution in [0.3, 0.4) is 0 Å². The molecule has 19 heavy (non-hydrogen) atoms. The van der Waals surface area contributed by atoms with E-state index < -0.39 is 9.84 Å². The Bertz CT molecular complexity index is 560. The highest BCUT2D eigenvalue weighted by atomic mass is 79.9. The molecule has 1 heterocycles. The number of halogens is 1. The van der Waals surface area contributed by atoms with Crippen LogP contribution in [0.2, 0.25) is 0 Å². The highest BCUT2D eigenvalue weighted by molar-refractivity contribution is 9.10. The van der Waals surface area contributed by atoms with E-state index >= 15 is 0 Å². The fourth-order valence-electron chi connectivity index (χ4n) is 2.53. The van der Waals surface area contributed by atoms with Crippen molar-refractivity contribution in [1.82, 2.24) is 0 Å². The Kier molecular flexibility index (Phi) is 4.53. The summed E-state index contributed by atoms with van der Waals surface area (Å²) in [6, 6.07) is 6.12. The van der Waals surface area contributed by atoms with Gasteiger partial charge in [0.1, 0.15) is 0 Å². The fourth-order valence-corrected chi connectivity index (χ4v) is 4.43. The van der Waals surface area contributed by atoms with Crippen molar-refractivity contribution in [3.63, 3.8) is 0 Å². The van der Waals surface area contributed by atoms with Crippen molar-refractivity contribution in [2.45, 2.75) is 19.4 Å². The summed E-state index contributed by atoms with van der Waals surface area (Å²) in [7, 11) is -2.89. The molecule has 1 unspecified atom stereocenters. The molecule has 0 aliphatic carbocycles. The van der Waals surface area contributed by atoms with E-state index in [1.54, 1.807) is 0 Å². The molecule has 1 aromatic carbocycles. The predicted octanol–water partition coefficient (Wildman–Crippen LogP) is 1.57. The zero-order chi connectivity index (χ0) is 14.0. The molecule has 0 aromatic heterocycles. The van der Waals surface area contributed by atoms with Crippen molar-refractivity contribution in [2.24, 2.45) is 5.73 Å². The summed E-state index contributed by atoms with van der Waals surface area (Å²) in [5, 5.41) is 0. The molecule has 0 bridgehead atoms. The number of hydrogen-bond acceptors (Lipinski definition) is 4. The van der Waals surface area contributed by atoms with Crippen molar-refractivity contribution in [3.05, 3.63) is 28.2 Å². The van der Waals surface area contributed by atoms with E-state index in [4.69, 9.17) is 5.73 Å². The van der Waals surface area contributed by atoms with Gasteiger partial charge in [0.15, 0.2) is 9.84 Å². The number of rotatable bonds is 3. The van der Waals surface area contributed by atoms with Crippen LogP contribution in [0.4, 0.5) is 5.69 Å². The number of benzene rings is 1. The minimum absolute atomic E-state index is 0.00424. The number of sulfone groups is 1. The van der Waals surface area contributed by atoms with E-state index in [0.29, 0.717) is 13.1 Å². The van der Waals surface area contributed by atoms with Gasteiger partial charge < -0.3 is 10.6 Å². The molecule has 2 rings (SSSR count). The van der Waals surface area contributed by atoms with Crippen molar-refractivity contribution < 1.29 is 8.42 Å². The first-order valence-corrected chi connectivity index (χ1v) is 9.00. The van der Waals surface area contributed by atoms with Gasteiger partial charge in [0.05, 0.1) is 11.5 Å². The second-order valence-electron chi connectivity index (χ2n) is 4.97. The first kappa shape index (κ1) is 14.8. The molecule has 1 aliphatic rings. The summed E-state index contributed by atoms with van der Waals surface area (Å²) < 4.78 is 24.3. The normalized spacial score (nSPS) is 22.5. The van der Waals surface area contributed by atoms with Crippen LogP contribution in [-0.2, 0) is 16.3 Å². The zero-order valence-corrected chi connectivity index (χ0v) is 13.4. The van der Waals surface area contributed by atoms with Crippen molar-refractivity contribution in [1.29, 1.82) is 0 Å². The summed E-state index contributed by atoms with van der Waals surface area (Å²) >= 11 is 3.48. The van der Waals surface area contributed by atoms with Gasteiger partial charge in [-0.05, 0) is 37.6 Å². The van der Waals surface area contributed by atoms with Crippen LogP contribution in [0.15, 0.2) is 22.7 Å². The third-order valence-electron chi connectivity index (χ3n) is 3.44. The van der Waals surface area contributed by atoms with E-state index in [0.717, 1.165) is 16.6 Å². The lowest BCUT2D eigenvalue weighted by atomic mass is 10.1. The number of anilines is 1. The van der Waals surface area contributed by atoms with Crippen LogP contribution in [0.25, 0.3) is 0 Å². The molecule has 4 nitrogen and oxygen atoms in total. The third kappa shape index (κ3) is 3.49. The van der Waals surface area contributed by atoms with Gasteiger partial charge in [-0.15, -0.1) is 0 Å². The molecule has 0 spiro atoms. The summed E-state index contributed by atoms with van der Waals surface area (Å²) in [5.41, 5.74) is 7.93. The topological polar surface area (TPSA) is 63.4 Å². The molecule has 106 valence electrons. The molecule has 6 heteroatoms. The molecule has 1 saturated heterocycles. The Morgan fingerprint density at radius 2 is 2.21 bits per heavy atom. The minimum Gasteiger partial charge on any atom is -0.367 e. The van der Waals surface area contributed by atoms with Gasteiger partial charge in [0.2, 0.25) is 0 Å². The molecule has 1 atom stereocenters. The smallest absolute Gasteiger partial charge is 0.154 e. The molecular weight excluding hydrogens is 328 g/mol. The summed E-state index contributed by atoms with van der Waals surface area (Å²) in [6.45, 7) is 3.11. The van der Waals surface area contributed by atoms with Crippen molar-refractivity contribution >= 4 is 31.5 Å². The molecule has 1 aromatic rings. The second-order valence-corrected chi connectivity index (χ2v) is 8.11. The Labute approximate surface area is 123 Å². The lowest BCUT2D eigenvalue weighted by Gasteiger charge is -2.36. The maximum Gasteiger partial charge on any atom is 0.154 e. The van der Waals surface area contributed by atoms with Crippen LogP contribution in [0.1, 0.15) is 12.5 Å². The highest BCUT2D eigenvalue weighted by Crippen LogP contribution is 2.29. The summed E-state index contributed by atoms with van der Waals surface area (Å²) in [4.78, 5) is 2.18. The quantitative estimate of drug-likeness (QED) is 0.902. The van der Waals surface area contributed by atoms with Crippen molar-refractivity contribution in [2.75, 3.05) is 29.5 Å². The molecule has 1 aliphatic heterocycles. The largest absolute Gasteiger partial charge is 0.367 e. The minimum atomic E-state index is -2.89. The van der Waals surface area contributed by atoms with E-state index in [-0.39, 0.29) is 17.5 Å².